The van der Waals surface area contributed by atoms with Crippen molar-refractivity contribution in [1.82, 2.24) is 4.98 Å². The molecule has 1 aromatic carbocycles. The number of nitrogens with zero attached hydrogens (tertiary/aromatic N) is 1. The summed E-state index contributed by atoms with van der Waals surface area (Å²) in [7, 11) is 0. The van der Waals surface area contributed by atoms with Gasteiger partial charge in [0.15, 0.2) is 0 Å². The topological polar surface area (TPSA) is 51.2 Å². The van der Waals surface area contributed by atoms with Gasteiger partial charge in [-0.05, 0) is 43.2 Å². The fourth-order valence-corrected chi connectivity index (χ4v) is 3.51. The van der Waals surface area contributed by atoms with Crippen LogP contribution in [0.1, 0.15) is 36.1 Å². The van der Waals surface area contributed by atoms with Gasteiger partial charge in [-0.1, -0.05) is 22.0 Å². The summed E-state index contributed by atoms with van der Waals surface area (Å²) in [5.41, 5.74) is 1.61. The summed E-state index contributed by atoms with van der Waals surface area (Å²) >= 11 is 2.97. The van der Waals surface area contributed by atoms with Crippen LogP contribution in [0.2, 0.25) is 0 Å². The van der Waals surface area contributed by atoms with Gasteiger partial charge >= 0.3 is 12.1 Å². The Balaban J connectivity index is 1.57. The Morgan fingerprint density at radius 3 is 2.70 bits per heavy atom. The third-order valence-electron chi connectivity index (χ3n) is 4.38. The molecule has 1 aliphatic carbocycles. The SMILES string of the molecule is CCOC(=O)C1C[C@@H]1c1ccc(NCc2ccc(C(F)(F)F)c(Br)c2)cn1. The second-order valence-corrected chi connectivity index (χ2v) is 7.19. The van der Waals surface area contributed by atoms with Gasteiger partial charge in [-0.3, -0.25) is 9.78 Å². The first-order valence-electron chi connectivity index (χ1n) is 8.51. The molecule has 0 saturated heterocycles. The number of halogens is 4. The fourth-order valence-electron chi connectivity index (χ4n) is 2.86. The lowest BCUT2D eigenvalue weighted by Crippen LogP contribution is -2.08. The van der Waals surface area contributed by atoms with E-state index in [0.29, 0.717) is 18.7 Å². The molecule has 3 rings (SSSR count). The molecule has 0 spiro atoms. The molecule has 1 unspecified atom stereocenters. The first kappa shape index (κ1) is 19.7. The van der Waals surface area contributed by atoms with Crippen molar-refractivity contribution < 1.29 is 22.7 Å². The van der Waals surface area contributed by atoms with Crippen molar-refractivity contribution in [2.24, 2.45) is 5.92 Å². The molecule has 8 heteroatoms. The molecule has 1 N–H and O–H groups in total. The molecule has 2 atom stereocenters. The van der Waals surface area contributed by atoms with E-state index in [4.69, 9.17) is 4.74 Å². The highest BCUT2D eigenvalue weighted by atomic mass is 79.9. The third-order valence-corrected chi connectivity index (χ3v) is 5.04. The minimum atomic E-state index is -4.38. The van der Waals surface area contributed by atoms with Crippen molar-refractivity contribution in [2.75, 3.05) is 11.9 Å². The standard InChI is InChI=1S/C19H18BrF3N2O2/c1-2-27-18(26)14-8-13(14)17-6-4-12(10-25-17)24-9-11-3-5-15(16(20)7-11)19(21,22)23/h3-7,10,13-14,24H,2,8-9H2,1H3/t13-,14?/m0/s1. The lowest BCUT2D eigenvalue weighted by Gasteiger charge is -2.12. The zero-order valence-corrected chi connectivity index (χ0v) is 16.1. The molecule has 27 heavy (non-hydrogen) atoms. The molecule has 4 nitrogen and oxygen atoms in total. The summed E-state index contributed by atoms with van der Waals surface area (Å²) in [5.74, 6) is -0.191. The minimum absolute atomic E-state index is 0.0153. The number of hydrogen-bond acceptors (Lipinski definition) is 4. The first-order chi connectivity index (χ1) is 12.8. The maximum absolute atomic E-state index is 12.8. The van der Waals surface area contributed by atoms with Gasteiger partial charge in [0.1, 0.15) is 0 Å². The van der Waals surface area contributed by atoms with Crippen LogP contribution in [-0.2, 0) is 22.3 Å². The van der Waals surface area contributed by atoms with Crippen LogP contribution in [0.15, 0.2) is 41.0 Å². The highest BCUT2D eigenvalue weighted by molar-refractivity contribution is 9.10. The zero-order chi connectivity index (χ0) is 19.6. The number of nitrogens with one attached hydrogen (secondary N) is 1. The first-order valence-corrected chi connectivity index (χ1v) is 9.31. The molecule has 0 bridgehead atoms. The Hall–Kier alpha value is -2.09. The number of pyridine rings is 1. The molecule has 0 radical (unpaired) electrons. The average Bonchev–Trinajstić information content (AvgIpc) is 3.40. The quantitative estimate of drug-likeness (QED) is 0.629. The van der Waals surface area contributed by atoms with Crippen molar-refractivity contribution in [2.45, 2.75) is 32.0 Å². The maximum atomic E-state index is 12.8. The summed E-state index contributed by atoms with van der Waals surface area (Å²) in [5, 5.41) is 3.13. The van der Waals surface area contributed by atoms with Gasteiger partial charge in [-0.2, -0.15) is 13.2 Å². The molecule has 0 amide bonds. The number of carbonyl (C=O) groups excluding carboxylic acids is 1. The smallest absolute Gasteiger partial charge is 0.417 e. The Kier molecular flexibility index (Phi) is 5.74. The largest absolute Gasteiger partial charge is 0.466 e. The molecular weight excluding hydrogens is 425 g/mol. The van der Waals surface area contributed by atoms with Crippen molar-refractivity contribution in [3.8, 4) is 0 Å². The van der Waals surface area contributed by atoms with Gasteiger partial charge in [0, 0.05) is 22.6 Å². The van der Waals surface area contributed by atoms with E-state index in [2.05, 4.69) is 26.2 Å². The van der Waals surface area contributed by atoms with Gasteiger partial charge in [0.2, 0.25) is 0 Å². The summed E-state index contributed by atoms with van der Waals surface area (Å²) in [4.78, 5) is 16.1. The van der Waals surface area contributed by atoms with Crippen molar-refractivity contribution in [3.05, 3.63) is 57.8 Å². The summed E-state index contributed by atoms with van der Waals surface area (Å²) in [6.45, 7) is 2.52. The predicted octanol–water partition coefficient (Wildman–Crippen LogP) is 5.14. The number of hydrogen-bond donors (Lipinski definition) is 1. The highest BCUT2D eigenvalue weighted by Crippen LogP contribution is 2.47. The monoisotopic (exact) mass is 442 g/mol. The minimum Gasteiger partial charge on any atom is -0.466 e. The maximum Gasteiger partial charge on any atom is 0.417 e. The van der Waals surface area contributed by atoms with Crippen LogP contribution in [-0.4, -0.2) is 17.6 Å². The van der Waals surface area contributed by atoms with Gasteiger partial charge in [-0.15, -0.1) is 0 Å². The van der Waals surface area contributed by atoms with E-state index in [1.165, 1.54) is 12.1 Å². The molecule has 1 saturated carbocycles. The fraction of sp³-hybridized carbons (Fsp3) is 0.368. The van der Waals surface area contributed by atoms with E-state index in [1.54, 1.807) is 13.1 Å². The second kappa shape index (κ2) is 7.88. The van der Waals surface area contributed by atoms with E-state index in [1.807, 2.05) is 12.1 Å². The number of ether oxygens (including phenoxy) is 1. The van der Waals surface area contributed by atoms with Crippen LogP contribution in [0.4, 0.5) is 18.9 Å². The van der Waals surface area contributed by atoms with Crippen LogP contribution >= 0.6 is 15.9 Å². The van der Waals surface area contributed by atoms with Gasteiger partial charge < -0.3 is 10.1 Å². The van der Waals surface area contributed by atoms with Gasteiger partial charge in [-0.25, -0.2) is 0 Å². The summed E-state index contributed by atoms with van der Waals surface area (Å²) in [6.07, 6.45) is -1.97. The van der Waals surface area contributed by atoms with Crippen molar-refractivity contribution >= 4 is 27.6 Å². The van der Waals surface area contributed by atoms with Gasteiger partial charge in [0.05, 0.1) is 30.0 Å². The van der Waals surface area contributed by atoms with Crippen LogP contribution < -0.4 is 5.32 Å². The van der Waals surface area contributed by atoms with E-state index in [0.717, 1.165) is 23.9 Å². The van der Waals surface area contributed by atoms with E-state index >= 15 is 0 Å². The number of esters is 1. The summed E-state index contributed by atoms with van der Waals surface area (Å²) < 4.78 is 43.4. The molecule has 1 aromatic heterocycles. The normalized spacial score (nSPS) is 18.9. The third kappa shape index (κ3) is 4.80. The summed E-state index contributed by atoms with van der Waals surface area (Å²) in [6, 6.07) is 7.66. The Labute approximate surface area is 163 Å². The molecule has 2 aromatic rings. The van der Waals surface area contributed by atoms with E-state index < -0.39 is 11.7 Å². The number of rotatable bonds is 6. The van der Waals surface area contributed by atoms with E-state index in [-0.39, 0.29) is 22.3 Å². The number of benzene rings is 1. The molecular formula is C19H18BrF3N2O2. The molecule has 1 heterocycles. The lowest BCUT2D eigenvalue weighted by molar-refractivity contribution is -0.144. The van der Waals surface area contributed by atoms with Crippen LogP contribution in [0, 0.1) is 5.92 Å². The average molecular weight is 443 g/mol. The number of carbonyl (C=O) groups is 1. The molecule has 144 valence electrons. The Morgan fingerprint density at radius 2 is 2.11 bits per heavy atom. The number of alkyl halides is 3. The number of anilines is 1. The van der Waals surface area contributed by atoms with Crippen molar-refractivity contribution in [1.29, 1.82) is 0 Å². The van der Waals surface area contributed by atoms with E-state index in [9.17, 15) is 18.0 Å². The second-order valence-electron chi connectivity index (χ2n) is 6.34. The van der Waals surface area contributed by atoms with Crippen molar-refractivity contribution in [3.63, 3.8) is 0 Å². The predicted molar refractivity (Wildman–Crippen MR) is 98.2 cm³/mol. The van der Waals surface area contributed by atoms with Crippen LogP contribution in [0.3, 0.4) is 0 Å². The highest BCUT2D eigenvalue weighted by Gasteiger charge is 2.46. The van der Waals surface area contributed by atoms with Crippen LogP contribution in [0.25, 0.3) is 0 Å². The number of aromatic nitrogens is 1. The zero-order valence-electron chi connectivity index (χ0n) is 14.5. The Morgan fingerprint density at radius 1 is 1.33 bits per heavy atom. The molecule has 0 aliphatic heterocycles. The molecule has 1 fully saturated rings. The van der Waals surface area contributed by atoms with Gasteiger partial charge in [0.25, 0.3) is 0 Å². The Bertz CT molecular complexity index is 825. The molecule has 1 aliphatic rings. The lowest BCUT2D eigenvalue weighted by atomic mass is 10.1. The van der Waals surface area contributed by atoms with Crippen LogP contribution in [0.5, 0.6) is 0 Å².